The number of para-hydroxylation sites is 3. The Kier molecular flexibility index (Phi) is 7.17. The minimum absolute atomic E-state index is 0.0468. The molecule has 0 bridgehead atoms. The van der Waals surface area contributed by atoms with Crippen molar-refractivity contribution in [1.82, 2.24) is 14.5 Å². The fraction of sp³-hybridized carbons (Fsp3) is 0.290. The van der Waals surface area contributed by atoms with Crippen molar-refractivity contribution < 1.29 is 9.53 Å². The largest absolute Gasteiger partial charge is 0.493 e. The van der Waals surface area contributed by atoms with Gasteiger partial charge in [0.15, 0.2) is 0 Å². The van der Waals surface area contributed by atoms with Crippen LogP contribution in [0.1, 0.15) is 48.7 Å². The fourth-order valence-electron chi connectivity index (χ4n) is 5.20. The lowest BCUT2D eigenvalue weighted by atomic mass is 10.1. The van der Waals surface area contributed by atoms with E-state index >= 15 is 0 Å². The van der Waals surface area contributed by atoms with E-state index in [1.807, 2.05) is 53.4 Å². The van der Waals surface area contributed by atoms with Crippen molar-refractivity contribution in [3.05, 3.63) is 108 Å². The number of likely N-dealkylation sites (tertiary alicyclic amines) is 1. The molecule has 3 aromatic carbocycles. The molecule has 2 heterocycles. The molecule has 1 amide bonds. The molecule has 2 unspecified atom stereocenters. The van der Waals surface area contributed by atoms with Gasteiger partial charge < -0.3 is 14.2 Å². The van der Waals surface area contributed by atoms with E-state index < -0.39 is 0 Å². The molecule has 0 radical (unpaired) electrons. The summed E-state index contributed by atoms with van der Waals surface area (Å²) in [5.74, 6) is 2.18. The number of allylic oxidation sites excluding steroid dienone is 1. The van der Waals surface area contributed by atoms with Crippen LogP contribution in [0.5, 0.6) is 5.75 Å². The summed E-state index contributed by atoms with van der Waals surface area (Å²) < 4.78 is 8.43. The summed E-state index contributed by atoms with van der Waals surface area (Å²) in [6.07, 6.45) is 4.03. The molecule has 5 nitrogen and oxygen atoms in total. The average Bonchev–Trinajstić information content (AvgIpc) is 3.48. The number of ether oxygens (including phenoxy) is 1. The highest BCUT2D eigenvalue weighted by molar-refractivity contribution is 5.81. The van der Waals surface area contributed by atoms with Gasteiger partial charge in [0, 0.05) is 25.4 Å². The van der Waals surface area contributed by atoms with Crippen molar-refractivity contribution in [3.63, 3.8) is 0 Å². The molecule has 2 atom stereocenters. The quantitative estimate of drug-likeness (QED) is 0.198. The summed E-state index contributed by atoms with van der Waals surface area (Å²) in [5, 5.41) is 0. The molecule has 1 saturated heterocycles. The van der Waals surface area contributed by atoms with Crippen molar-refractivity contribution in [2.75, 3.05) is 13.2 Å². The first-order valence-corrected chi connectivity index (χ1v) is 12.8. The van der Waals surface area contributed by atoms with E-state index in [1.54, 1.807) is 0 Å². The van der Waals surface area contributed by atoms with Gasteiger partial charge in [-0.1, -0.05) is 66.7 Å². The standard InChI is InChI=1S/C31H33N3O2/c1-3-12-25-15-7-10-18-29(25)36-20-11-19-33-28-17-9-8-16-27(28)32-31(33)26-21-30(35)34(22-26)23(2)24-13-5-4-6-14-24/h3-10,13-18,23,26H,1,11-12,19-22H2,2H3. The summed E-state index contributed by atoms with van der Waals surface area (Å²) in [7, 11) is 0. The maximum atomic E-state index is 13.1. The van der Waals surface area contributed by atoms with E-state index in [-0.39, 0.29) is 17.9 Å². The van der Waals surface area contributed by atoms with Crippen molar-refractivity contribution >= 4 is 16.9 Å². The predicted octanol–water partition coefficient (Wildman–Crippen LogP) is 6.31. The van der Waals surface area contributed by atoms with Gasteiger partial charge in [0.25, 0.3) is 0 Å². The van der Waals surface area contributed by atoms with Crippen LogP contribution in [0.2, 0.25) is 0 Å². The van der Waals surface area contributed by atoms with Crippen LogP contribution in [0.4, 0.5) is 0 Å². The molecule has 1 aliphatic heterocycles. The highest BCUT2D eigenvalue weighted by Crippen LogP contribution is 2.35. The maximum absolute atomic E-state index is 13.1. The van der Waals surface area contributed by atoms with Gasteiger partial charge in [0.1, 0.15) is 11.6 Å². The summed E-state index contributed by atoms with van der Waals surface area (Å²) in [5.41, 5.74) is 4.40. The molecule has 36 heavy (non-hydrogen) atoms. The van der Waals surface area contributed by atoms with Crippen molar-refractivity contribution in [3.8, 4) is 5.75 Å². The Labute approximate surface area is 213 Å². The zero-order valence-corrected chi connectivity index (χ0v) is 20.8. The predicted molar refractivity (Wildman–Crippen MR) is 144 cm³/mol. The minimum Gasteiger partial charge on any atom is -0.493 e. The van der Waals surface area contributed by atoms with Crippen LogP contribution >= 0.6 is 0 Å². The lowest BCUT2D eigenvalue weighted by Crippen LogP contribution is -2.28. The number of imidazole rings is 1. The second-order valence-electron chi connectivity index (χ2n) is 9.45. The molecular formula is C31H33N3O2. The number of amides is 1. The third-order valence-electron chi connectivity index (χ3n) is 7.08. The minimum atomic E-state index is 0.0468. The first-order valence-electron chi connectivity index (χ1n) is 12.8. The van der Waals surface area contributed by atoms with E-state index in [2.05, 4.69) is 54.5 Å². The van der Waals surface area contributed by atoms with Gasteiger partial charge in [0.05, 0.1) is 23.7 Å². The molecule has 1 aromatic heterocycles. The van der Waals surface area contributed by atoms with Crippen molar-refractivity contribution in [2.24, 2.45) is 0 Å². The smallest absolute Gasteiger partial charge is 0.223 e. The van der Waals surface area contributed by atoms with Crippen molar-refractivity contribution in [2.45, 2.75) is 44.7 Å². The van der Waals surface area contributed by atoms with Crippen LogP contribution in [-0.2, 0) is 17.8 Å². The molecule has 5 rings (SSSR count). The zero-order valence-electron chi connectivity index (χ0n) is 20.8. The molecule has 1 fully saturated rings. The van der Waals surface area contributed by atoms with Gasteiger partial charge in [-0.3, -0.25) is 4.79 Å². The number of carbonyl (C=O) groups excluding carboxylic acids is 1. The van der Waals surface area contributed by atoms with Crippen LogP contribution in [-0.4, -0.2) is 33.5 Å². The lowest BCUT2D eigenvalue weighted by Gasteiger charge is -2.25. The Morgan fingerprint density at radius 3 is 2.64 bits per heavy atom. The van der Waals surface area contributed by atoms with Crippen molar-refractivity contribution in [1.29, 1.82) is 0 Å². The van der Waals surface area contributed by atoms with Gasteiger partial charge >= 0.3 is 0 Å². The Morgan fingerprint density at radius 2 is 1.81 bits per heavy atom. The van der Waals surface area contributed by atoms with Crippen LogP contribution in [0.3, 0.4) is 0 Å². The van der Waals surface area contributed by atoms with E-state index in [1.165, 1.54) is 0 Å². The number of aromatic nitrogens is 2. The van der Waals surface area contributed by atoms with Gasteiger partial charge in [-0.15, -0.1) is 6.58 Å². The number of benzene rings is 3. The summed E-state index contributed by atoms with van der Waals surface area (Å²) in [6, 6.07) is 26.7. The third kappa shape index (κ3) is 4.92. The van der Waals surface area contributed by atoms with E-state index in [4.69, 9.17) is 9.72 Å². The van der Waals surface area contributed by atoms with Gasteiger partial charge in [0.2, 0.25) is 5.91 Å². The average molecular weight is 480 g/mol. The molecule has 4 aromatic rings. The molecular weight excluding hydrogens is 446 g/mol. The van der Waals surface area contributed by atoms with Crippen LogP contribution in [0.15, 0.2) is 91.5 Å². The molecule has 1 aliphatic rings. The molecule has 5 heteroatoms. The number of carbonyl (C=O) groups is 1. The number of fused-ring (bicyclic) bond motifs is 1. The molecule has 0 N–H and O–H groups in total. The molecule has 0 saturated carbocycles. The Morgan fingerprint density at radius 1 is 1.06 bits per heavy atom. The Hall–Kier alpha value is -3.86. The van der Waals surface area contributed by atoms with Crippen LogP contribution in [0, 0.1) is 0 Å². The monoisotopic (exact) mass is 479 g/mol. The highest BCUT2D eigenvalue weighted by atomic mass is 16.5. The number of nitrogens with zero attached hydrogens (tertiary/aromatic N) is 3. The molecule has 184 valence electrons. The molecule has 0 spiro atoms. The first kappa shape index (κ1) is 23.9. The number of rotatable bonds is 10. The number of aryl methyl sites for hydroxylation is 1. The second kappa shape index (κ2) is 10.8. The third-order valence-corrected chi connectivity index (χ3v) is 7.08. The highest BCUT2D eigenvalue weighted by Gasteiger charge is 2.36. The van der Waals surface area contributed by atoms with E-state index in [9.17, 15) is 4.79 Å². The first-order chi connectivity index (χ1) is 17.7. The van der Waals surface area contributed by atoms with Gasteiger partial charge in [-0.25, -0.2) is 4.98 Å². The van der Waals surface area contributed by atoms with Gasteiger partial charge in [-0.05, 0) is 49.1 Å². The van der Waals surface area contributed by atoms with Gasteiger partial charge in [-0.2, -0.15) is 0 Å². The summed E-state index contributed by atoms with van der Waals surface area (Å²) >= 11 is 0. The Bertz CT molecular complexity index is 1340. The topological polar surface area (TPSA) is 47.4 Å². The summed E-state index contributed by atoms with van der Waals surface area (Å²) in [4.78, 5) is 20.1. The van der Waals surface area contributed by atoms with E-state index in [0.717, 1.165) is 53.1 Å². The maximum Gasteiger partial charge on any atom is 0.223 e. The lowest BCUT2D eigenvalue weighted by molar-refractivity contribution is -0.129. The summed E-state index contributed by atoms with van der Waals surface area (Å²) in [6.45, 7) is 8.05. The normalized spacial score (nSPS) is 16.4. The van der Waals surface area contributed by atoms with Crippen LogP contribution in [0.25, 0.3) is 11.0 Å². The second-order valence-corrected chi connectivity index (χ2v) is 9.45. The number of hydrogen-bond acceptors (Lipinski definition) is 3. The van der Waals surface area contributed by atoms with E-state index in [0.29, 0.717) is 19.6 Å². The van der Waals surface area contributed by atoms with Crippen LogP contribution < -0.4 is 4.74 Å². The fourth-order valence-corrected chi connectivity index (χ4v) is 5.20. The molecule has 0 aliphatic carbocycles. The number of hydrogen-bond donors (Lipinski definition) is 0. The Balaban J connectivity index is 1.32. The zero-order chi connectivity index (χ0) is 24.9. The SMILES string of the molecule is C=CCc1ccccc1OCCCn1c(C2CC(=O)N(C(C)c3ccccc3)C2)nc2ccccc21.